The summed E-state index contributed by atoms with van der Waals surface area (Å²) in [5.41, 5.74) is 0. The maximum Gasteiger partial charge on any atom is 0.401 e. The zero-order valence-corrected chi connectivity index (χ0v) is 10.7. The van der Waals surface area contributed by atoms with Crippen LogP contribution in [0, 0.1) is 0 Å². The Kier molecular flexibility index (Phi) is 5.40. The molecule has 4 nitrogen and oxygen atoms in total. The van der Waals surface area contributed by atoms with Gasteiger partial charge in [-0.25, -0.2) is 0 Å². The molecule has 0 aliphatic carbocycles. The Morgan fingerprint density at radius 2 is 1.78 bits per heavy atom. The van der Waals surface area contributed by atoms with Crippen LogP contribution in [0.15, 0.2) is 0 Å². The van der Waals surface area contributed by atoms with Crippen molar-refractivity contribution in [2.45, 2.75) is 26.1 Å². The average molecular weight is 268 g/mol. The second-order valence-electron chi connectivity index (χ2n) is 4.63. The number of piperazine rings is 1. The quantitative estimate of drug-likeness (QED) is 0.766. The van der Waals surface area contributed by atoms with E-state index in [-0.39, 0.29) is 31.7 Å². The van der Waals surface area contributed by atoms with Gasteiger partial charge in [0.15, 0.2) is 0 Å². The van der Waals surface area contributed by atoms with Crippen molar-refractivity contribution >= 4 is 5.91 Å². The molecule has 1 aliphatic rings. The molecule has 0 radical (unpaired) electrons. The summed E-state index contributed by atoms with van der Waals surface area (Å²) in [6.45, 7) is 3.92. The predicted molar refractivity (Wildman–Crippen MR) is 60.2 cm³/mol. The largest absolute Gasteiger partial charge is 0.401 e. The van der Waals surface area contributed by atoms with Crippen LogP contribution in [0.2, 0.25) is 0 Å². The number of hydrogen-bond acceptors (Lipinski definition) is 3. The van der Waals surface area contributed by atoms with E-state index in [0.29, 0.717) is 13.1 Å². The lowest BCUT2D eigenvalue weighted by molar-refractivity contribution is -0.153. The van der Waals surface area contributed by atoms with Gasteiger partial charge < -0.3 is 9.64 Å². The summed E-state index contributed by atoms with van der Waals surface area (Å²) < 4.78 is 41.7. The van der Waals surface area contributed by atoms with Crippen LogP contribution in [-0.4, -0.2) is 67.3 Å². The minimum absolute atomic E-state index is 0.00304. The molecule has 7 heteroatoms. The van der Waals surface area contributed by atoms with E-state index < -0.39 is 12.7 Å². The summed E-state index contributed by atoms with van der Waals surface area (Å²) in [4.78, 5) is 14.5. The first kappa shape index (κ1) is 15.2. The summed E-state index contributed by atoms with van der Waals surface area (Å²) in [6, 6.07) is 0. The van der Waals surface area contributed by atoms with Gasteiger partial charge in [-0.2, -0.15) is 13.2 Å². The number of alkyl halides is 3. The first-order valence-electron chi connectivity index (χ1n) is 5.96. The average Bonchev–Trinajstić information content (AvgIpc) is 2.24. The van der Waals surface area contributed by atoms with Crippen LogP contribution >= 0.6 is 0 Å². The number of carbonyl (C=O) groups is 1. The minimum atomic E-state index is -4.17. The van der Waals surface area contributed by atoms with Gasteiger partial charge in [0.1, 0.15) is 6.61 Å². The first-order chi connectivity index (χ1) is 8.28. The van der Waals surface area contributed by atoms with Crippen molar-refractivity contribution in [2.24, 2.45) is 0 Å². The van der Waals surface area contributed by atoms with E-state index in [4.69, 9.17) is 4.74 Å². The van der Waals surface area contributed by atoms with Gasteiger partial charge in [-0.1, -0.05) is 0 Å². The van der Waals surface area contributed by atoms with E-state index in [9.17, 15) is 18.0 Å². The molecule has 0 spiro atoms. The third-order valence-corrected chi connectivity index (χ3v) is 2.67. The summed E-state index contributed by atoms with van der Waals surface area (Å²) in [5, 5.41) is 0. The second-order valence-corrected chi connectivity index (χ2v) is 4.63. The Labute approximate surface area is 105 Å². The Hall–Kier alpha value is -0.820. The molecule has 0 saturated carbocycles. The van der Waals surface area contributed by atoms with E-state index in [1.165, 1.54) is 4.90 Å². The molecule has 1 aliphatic heterocycles. The van der Waals surface area contributed by atoms with Crippen LogP contribution in [-0.2, 0) is 9.53 Å². The Morgan fingerprint density at radius 3 is 2.22 bits per heavy atom. The SMILES string of the molecule is CC(C)OCC(=O)N1CCN(CC(F)(F)F)CC1. The number of nitrogens with zero attached hydrogens (tertiary/aromatic N) is 2. The molecule has 0 unspecified atom stereocenters. The van der Waals surface area contributed by atoms with Crippen LogP contribution in [0.5, 0.6) is 0 Å². The topological polar surface area (TPSA) is 32.8 Å². The van der Waals surface area contributed by atoms with Gasteiger partial charge in [0.2, 0.25) is 5.91 Å². The maximum absolute atomic E-state index is 12.2. The third kappa shape index (κ3) is 5.68. The second kappa shape index (κ2) is 6.38. The molecule has 1 rings (SSSR count). The molecule has 1 fully saturated rings. The van der Waals surface area contributed by atoms with Crippen molar-refractivity contribution in [2.75, 3.05) is 39.3 Å². The lowest BCUT2D eigenvalue weighted by atomic mass is 10.3. The highest BCUT2D eigenvalue weighted by atomic mass is 19.4. The number of amides is 1. The summed E-state index contributed by atoms with van der Waals surface area (Å²) in [6.07, 6.45) is -4.20. The van der Waals surface area contributed by atoms with Crippen LogP contribution in [0.4, 0.5) is 13.2 Å². The van der Waals surface area contributed by atoms with E-state index >= 15 is 0 Å². The number of rotatable bonds is 4. The van der Waals surface area contributed by atoms with Gasteiger partial charge in [-0.3, -0.25) is 9.69 Å². The molecule has 0 aromatic heterocycles. The number of halogens is 3. The zero-order valence-electron chi connectivity index (χ0n) is 10.7. The van der Waals surface area contributed by atoms with Crippen molar-refractivity contribution in [1.29, 1.82) is 0 Å². The first-order valence-corrected chi connectivity index (χ1v) is 5.96. The van der Waals surface area contributed by atoms with E-state index in [1.54, 1.807) is 4.90 Å². The molecular weight excluding hydrogens is 249 g/mol. The highest BCUT2D eigenvalue weighted by molar-refractivity contribution is 5.77. The van der Waals surface area contributed by atoms with Crippen LogP contribution < -0.4 is 0 Å². The fourth-order valence-electron chi connectivity index (χ4n) is 1.74. The molecule has 1 amide bonds. The lowest BCUT2D eigenvalue weighted by Gasteiger charge is -2.35. The molecule has 0 bridgehead atoms. The standard InChI is InChI=1S/C11H19F3N2O2/c1-9(2)18-7-10(17)16-5-3-15(4-6-16)8-11(12,13)14/h9H,3-8H2,1-2H3. The molecule has 1 saturated heterocycles. The fourth-order valence-corrected chi connectivity index (χ4v) is 1.74. The van der Waals surface area contributed by atoms with Crippen LogP contribution in [0.3, 0.4) is 0 Å². The van der Waals surface area contributed by atoms with Crippen molar-refractivity contribution in [3.63, 3.8) is 0 Å². The Balaban J connectivity index is 2.28. The molecular formula is C11H19F3N2O2. The van der Waals surface area contributed by atoms with Crippen LogP contribution in [0.1, 0.15) is 13.8 Å². The molecule has 106 valence electrons. The van der Waals surface area contributed by atoms with Gasteiger partial charge in [0, 0.05) is 26.2 Å². The maximum atomic E-state index is 12.2. The smallest absolute Gasteiger partial charge is 0.369 e. The third-order valence-electron chi connectivity index (χ3n) is 2.67. The van der Waals surface area contributed by atoms with Crippen molar-refractivity contribution < 1.29 is 22.7 Å². The fraction of sp³-hybridized carbons (Fsp3) is 0.909. The number of hydrogen-bond donors (Lipinski definition) is 0. The summed E-state index contributed by atoms with van der Waals surface area (Å²) >= 11 is 0. The highest BCUT2D eigenvalue weighted by Gasteiger charge is 2.32. The van der Waals surface area contributed by atoms with Gasteiger partial charge >= 0.3 is 6.18 Å². The molecule has 18 heavy (non-hydrogen) atoms. The summed E-state index contributed by atoms with van der Waals surface area (Å²) in [7, 11) is 0. The van der Waals surface area contributed by atoms with E-state index in [2.05, 4.69) is 0 Å². The van der Waals surface area contributed by atoms with Crippen molar-refractivity contribution in [3.8, 4) is 0 Å². The summed E-state index contributed by atoms with van der Waals surface area (Å²) in [5.74, 6) is -0.157. The monoisotopic (exact) mass is 268 g/mol. The highest BCUT2D eigenvalue weighted by Crippen LogP contribution is 2.17. The van der Waals surface area contributed by atoms with Crippen molar-refractivity contribution in [1.82, 2.24) is 9.80 Å². The molecule has 0 aromatic carbocycles. The molecule has 0 N–H and O–H groups in total. The van der Waals surface area contributed by atoms with E-state index in [0.717, 1.165) is 0 Å². The molecule has 0 aromatic rings. The minimum Gasteiger partial charge on any atom is -0.369 e. The van der Waals surface area contributed by atoms with Crippen molar-refractivity contribution in [3.05, 3.63) is 0 Å². The zero-order chi connectivity index (χ0) is 13.8. The molecule has 0 atom stereocenters. The molecule has 1 heterocycles. The van der Waals surface area contributed by atoms with Gasteiger partial charge in [-0.05, 0) is 13.8 Å². The number of carbonyl (C=O) groups excluding carboxylic acids is 1. The Morgan fingerprint density at radius 1 is 1.22 bits per heavy atom. The lowest BCUT2D eigenvalue weighted by Crippen LogP contribution is -2.51. The van der Waals surface area contributed by atoms with Gasteiger partial charge in [0.05, 0.1) is 12.6 Å². The van der Waals surface area contributed by atoms with Crippen LogP contribution in [0.25, 0.3) is 0 Å². The van der Waals surface area contributed by atoms with Gasteiger partial charge in [0.25, 0.3) is 0 Å². The van der Waals surface area contributed by atoms with E-state index in [1.807, 2.05) is 13.8 Å². The Bertz CT molecular complexity index is 274. The number of ether oxygens (including phenoxy) is 1. The van der Waals surface area contributed by atoms with Gasteiger partial charge in [-0.15, -0.1) is 0 Å². The predicted octanol–water partition coefficient (Wildman–Crippen LogP) is 1.12. The normalized spacial score (nSPS) is 18.4.